The Morgan fingerprint density at radius 1 is 1.37 bits per heavy atom. The Labute approximate surface area is 112 Å². The normalized spacial score (nSPS) is 11.6. The summed E-state index contributed by atoms with van der Waals surface area (Å²) in [4.78, 5) is 8.33. The standard InChI is InChI=1S/C15H16FN3/c1-3-11-9-18-7-6-13(11)15(17)19-12-5-4-10(2)14(16)8-12/h4-9H,3H2,1-2H3,(H2,17,19). The van der Waals surface area contributed by atoms with Crippen LogP contribution in [-0.4, -0.2) is 10.8 Å². The topological polar surface area (TPSA) is 51.3 Å². The van der Waals surface area contributed by atoms with Gasteiger partial charge in [-0.1, -0.05) is 13.0 Å². The molecule has 0 aliphatic rings. The van der Waals surface area contributed by atoms with E-state index in [4.69, 9.17) is 5.73 Å². The second-order valence-electron chi connectivity index (χ2n) is 4.32. The van der Waals surface area contributed by atoms with Gasteiger partial charge in [0.15, 0.2) is 0 Å². The number of nitrogens with zero attached hydrogens (tertiary/aromatic N) is 2. The van der Waals surface area contributed by atoms with Gasteiger partial charge in [-0.3, -0.25) is 4.98 Å². The van der Waals surface area contributed by atoms with Gasteiger partial charge in [-0.05, 0) is 42.7 Å². The highest BCUT2D eigenvalue weighted by molar-refractivity contribution is 6.00. The Balaban J connectivity index is 2.39. The number of aryl methyl sites for hydroxylation is 2. The maximum atomic E-state index is 13.5. The maximum absolute atomic E-state index is 13.5. The van der Waals surface area contributed by atoms with Crippen molar-refractivity contribution in [2.24, 2.45) is 10.7 Å². The number of pyridine rings is 1. The summed E-state index contributed by atoms with van der Waals surface area (Å²) < 4.78 is 13.5. The summed E-state index contributed by atoms with van der Waals surface area (Å²) in [5.41, 5.74) is 8.97. The second kappa shape index (κ2) is 5.61. The molecule has 1 aromatic carbocycles. The zero-order chi connectivity index (χ0) is 13.8. The molecule has 0 saturated heterocycles. The van der Waals surface area contributed by atoms with Gasteiger partial charge in [-0.2, -0.15) is 0 Å². The van der Waals surface area contributed by atoms with E-state index in [2.05, 4.69) is 9.98 Å². The van der Waals surface area contributed by atoms with Crippen molar-refractivity contribution in [2.75, 3.05) is 0 Å². The molecule has 1 heterocycles. The molecular weight excluding hydrogens is 241 g/mol. The van der Waals surface area contributed by atoms with Gasteiger partial charge in [0.25, 0.3) is 0 Å². The Kier molecular flexibility index (Phi) is 3.90. The second-order valence-corrected chi connectivity index (χ2v) is 4.32. The smallest absolute Gasteiger partial charge is 0.131 e. The van der Waals surface area contributed by atoms with E-state index >= 15 is 0 Å². The van der Waals surface area contributed by atoms with Crippen molar-refractivity contribution in [3.05, 3.63) is 59.2 Å². The lowest BCUT2D eigenvalue weighted by Gasteiger charge is -2.06. The van der Waals surface area contributed by atoms with E-state index in [0.29, 0.717) is 17.1 Å². The minimum atomic E-state index is -0.278. The van der Waals surface area contributed by atoms with Crippen molar-refractivity contribution in [2.45, 2.75) is 20.3 Å². The molecule has 0 amide bonds. The van der Waals surface area contributed by atoms with Crippen molar-refractivity contribution in [1.82, 2.24) is 4.98 Å². The van der Waals surface area contributed by atoms with Crippen LogP contribution in [0.4, 0.5) is 10.1 Å². The largest absolute Gasteiger partial charge is 0.383 e. The molecule has 2 rings (SSSR count). The summed E-state index contributed by atoms with van der Waals surface area (Å²) in [5, 5.41) is 0. The van der Waals surface area contributed by atoms with Crippen molar-refractivity contribution < 1.29 is 4.39 Å². The van der Waals surface area contributed by atoms with E-state index in [1.165, 1.54) is 6.07 Å². The highest BCUT2D eigenvalue weighted by Gasteiger charge is 2.05. The molecule has 19 heavy (non-hydrogen) atoms. The van der Waals surface area contributed by atoms with Crippen molar-refractivity contribution in [3.63, 3.8) is 0 Å². The van der Waals surface area contributed by atoms with Gasteiger partial charge < -0.3 is 5.73 Å². The third-order valence-corrected chi connectivity index (χ3v) is 2.97. The lowest BCUT2D eigenvalue weighted by atomic mass is 10.1. The monoisotopic (exact) mass is 257 g/mol. The first-order valence-corrected chi connectivity index (χ1v) is 6.15. The Bertz CT molecular complexity index is 621. The van der Waals surface area contributed by atoms with E-state index in [1.807, 2.05) is 13.0 Å². The highest BCUT2D eigenvalue weighted by atomic mass is 19.1. The number of hydrogen-bond donors (Lipinski definition) is 1. The molecule has 1 aromatic heterocycles. The van der Waals surface area contributed by atoms with Gasteiger partial charge >= 0.3 is 0 Å². The summed E-state index contributed by atoms with van der Waals surface area (Å²) in [6, 6.07) is 6.64. The van der Waals surface area contributed by atoms with Gasteiger partial charge in [-0.25, -0.2) is 9.38 Å². The van der Waals surface area contributed by atoms with Crippen LogP contribution in [0.5, 0.6) is 0 Å². The maximum Gasteiger partial charge on any atom is 0.131 e. The van der Waals surface area contributed by atoms with Crippen LogP contribution in [-0.2, 0) is 6.42 Å². The van der Waals surface area contributed by atoms with Gasteiger partial charge in [0.1, 0.15) is 11.7 Å². The molecule has 0 atom stereocenters. The van der Waals surface area contributed by atoms with Gasteiger partial charge in [0, 0.05) is 18.0 Å². The Hall–Kier alpha value is -2.23. The third-order valence-electron chi connectivity index (χ3n) is 2.97. The van der Waals surface area contributed by atoms with E-state index in [0.717, 1.165) is 17.5 Å². The number of aromatic nitrogens is 1. The van der Waals surface area contributed by atoms with Crippen LogP contribution < -0.4 is 5.73 Å². The number of benzene rings is 1. The van der Waals surface area contributed by atoms with Gasteiger partial charge in [0.2, 0.25) is 0 Å². The molecule has 0 aliphatic heterocycles. The summed E-state index contributed by atoms with van der Waals surface area (Å²) in [7, 11) is 0. The minimum absolute atomic E-state index is 0.278. The quantitative estimate of drug-likeness (QED) is 0.678. The molecule has 98 valence electrons. The average Bonchev–Trinajstić information content (AvgIpc) is 2.43. The first-order chi connectivity index (χ1) is 9.11. The van der Waals surface area contributed by atoms with Crippen LogP contribution in [0.3, 0.4) is 0 Å². The van der Waals surface area contributed by atoms with Crippen LogP contribution >= 0.6 is 0 Å². The Morgan fingerprint density at radius 2 is 2.16 bits per heavy atom. The lowest BCUT2D eigenvalue weighted by molar-refractivity contribution is 0.619. The molecule has 0 aliphatic carbocycles. The van der Waals surface area contributed by atoms with Crippen molar-refractivity contribution in [3.8, 4) is 0 Å². The first kappa shape index (κ1) is 13.2. The lowest BCUT2D eigenvalue weighted by Crippen LogP contribution is -2.15. The van der Waals surface area contributed by atoms with Crippen LogP contribution in [0.25, 0.3) is 0 Å². The highest BCUT2D eigenvalue weighted by Crippen LogP contribution is 2.18. The minimum Gasteiger partial charge on any atom is -0.383 e. The molecule has 4 heteroatoms. The molecular formula is C15H16FN3. The predicted molar refractivity (Wildman–Crippen MR) is 75.1 cm³/mol. The van der Waals surface area contributed by atoms with Crippen LogP contribution in [0.15, 0.2) is 41.7 Å². The average molecular weight is 257 g/mol. The third kappa shape index (κ3) is 2.96. The van der Waals surface area contributed by atoms with Crippen molar-refractivity contribution >= 4 is 11.5 Å². The summed E-state index contributed by atoms with van der Waals surface area (Å²) in [6.07, 6.45) is 4.27. The van der Waals surface area contributed by atoms with E-state index in [1.54, 1.807) is 31.5 Å². The number of aliphatic imine (C=N–C) groups is 1. The van der Waals surface area contributed by atoms with Crippen LogP contribution in [0.1, 0.15) is 23.6 Å². The fourth-order valence-corrected chi connectivity index (χ4v) is 1.81. The molecule has 2 N–H and O–H groups in total. The molecule has 0 bridgehead atoms. The van der Waals surface area contributed by atoms with E-state index in [9.17, 15) is 4.39 Å². The zero-order valence-corrected chi connectivity index (χ0v) is 11.0. The molecule has 3 nitrogen and oxygen atoms in total. The van der Waals surface area contributed by atoms with E-state index < -0.39 is 0 Å². The molecule has 0 fully saturated rings. The summed E-state index contributed by atoms with van der Waals surface area (Å²) in [5.74, 6) is 0.0991. The molecule has 0 unspecified atom stereocenters. The SMILES string of the molecule is CCc1cnccc1C(N)=Nc1ccc(C)c(F)c1. The van der Waals surface area contributed by atoms with Crippen LogP contribution in [0.2, 0.25) is 0 Å². The fourth-order valence-electron chi connectivity index (χ4n) is 1.81. The summed E-state index contributed by atoms with van der Waals surface area (Å²) in [6.45, 7) is 3.74. The Morgan fingerprint density at radius 3 is 2.84 bits per heavy atom. The summed E-state index contributed by atoms with van der Waals surface area (Å²) >= 11 is 0. The van der Waals surface area contributed by atoms with Gasteiger partial charge in [0.05, 0.1) is 5.69 Å². The number of nitrogens with two attached hydrogens (primary N) is 1. The number of amidine groups is 1. The molecule has 2 aromatic rings. The van der Waals surface area contributed by atoms with Gasteiger partial charge in [-0.15, -0.1) is 0 Å². The molecule has 0 radical (unpaired) electrons. The number of rotatable bonds is 3. The predicted octanol–water partition coefficient (Wildman–Crippen LogP) is 3.13. The first-order valence-electron chi connectivity index (χ1n) is 6.15. The molecule has 0 saturated carbocycles. The van der Waals surface area contributed by atoms with E-state index in [-0.39, 0.29) is 5.82 Å². The zero-order valence-electron chi connectivity index (χ0n) is 11.0. The fraction of sp³-hybridized carbons (Fsp3) is 0.200. The molecule has 0 spiro atoms. The van der Waals surface area contributed by atoms with Crippen LogP contribution in [0, 0.1) is 12.7 Å². The number of hydrogen-bond acceptors (Lipinski definition) is 2. The van der Waals surface area contributed by atoms with Crippen molar-refractivity contribution in [1.29, 1.82) is 0 Å². The number of halogens is 1.